The maximum absolute atomic E-state index is 11.0. The lowest BCUT2D eigenvalue weighted by Crippen LogP contribution is -1.96. The summed E-state index contributed by atoms with van der Waals surface area (Å²) < 4.78 is 0. The van der Waals surface area contributed by atoms with E-state index in [2.05, 4.69) is 4.99 Å². The first-order valence-electron chi connectivity index (χ1n) is 6.51. The van der Waals surface area contributed by atoms with Crippen molar-refractivity contribution in [2.45, 2.75) is 6.92 Å². The minimum Gasteiger partial charge on any atom is -0.258 e. The van der Waals surface area contributed by atoms with Gasteiger partial charge in [-0.1, -0.05) is 0 Å². The van der Waals surface area contributed by atoms with Gasteiger partial charge < -0.3 is 0 Å². The zero-order valence-corrected chi connectivity index (χ0v) is 12.3. The van der Waals surface area contributed by atoms with Crippen LogP contribution in [0.1, 0.15) is 11.1 Å². The van der Waals surface area contributed by atoms with Crippen LogP contribution in [0.3, 0.4) is 0 Å². The molecular weight excluding hydrogens is 320 g/mol. The average Bonchev–Trinajstić information content (AvgIpc) is 2.53. The Bertz CT molecular complexity index is 860. The van der Waals surface area contributed by atoms with Crippen molar-refractivity contribution in [2.24, 2.45) is 4.99 Å². The summed E-state index contributed by atoms with van der Waals surface area (Å²) in [5.74, 6) is 0. The zero-order valence-electron chi connectivity index (χ0n) is 12.3. The van der Waals surface area contributed by atoms with Crippen LogP contribution in [-0.2, 0) is 0 Å². The number of nitro groups is 3. The highest BCUT2D eigenvalue weighted by atomic mass is 16.6. The first-order valence-corrected chi connectivity index (χ1v) is 6.51. The summed E-state index contributed by atoms with van der Waals surface area (Å²) in [5, 5.41) is 32.5. The lowest BCUT2D eigenvalue weighted by Gasteiger charge is -2.02. The molecule has 0 atom stereocenters. The fourth-order valence-electron chi connectivity index (χ4n) is 1.92. The van der Waals surface area contributed by atoms with E-state index in [1.165, 1.54) is 37.4 Å². The third-order valence-corrected chi connectivity index (χ3v) is 3.20. The van der Waals surface area contributed by atoms with Gasteiger partial charge in [0.25, 0.3) is 17.1 Å². The Morgan fingerprint density at radius 2 is 1.46 bits per heavy atom. The molecule has 10 heteroatoms. The second-order valence-corrected chi connectivity index (χ2v) is 4.73. The number of rotatable bonds is 5. The molecular formula is C14H10N4O6. The van der Waals surface area contributed by atoms with Gasteiger partial charge in [-0.05, 0) is 24.6 Å². The lowest BCUT2D eigenvalue weighted by atomic mass is 10.1. The van der Waals surface area contributed by atoms with Crippen molar-refractivity contribution in [1.82, 2.24) is 0 Å². The fraction of sp³-hybridized carbons (Fsp3) is 0.0714. The normalized spacial score (nSPS) is 10.7. The quantitative estimate of drug-likeness (QED) is 0.466. The van der Waals surface area contributed by atoms with E-state index in [1.807, 2.05) is 0 Å². The zero-order chi connectivity index (χ0) is 17.9. The maximum Gasteiger partial charge on any atom is 0.281 e. The number of aliphatic imine (C=N–C) groups is 1. The minimum absolute atomic E-state index is 0.0780. The smallest absolute Gasteiger partial charge is 0.258 e. The second-order valence-electron chi connectivity index (χ2n) is 4.73. The van der Waals surface area contributed by atoms with Crippen LogP contribution in [-0.4, -0.2) is 21.0 Å². The van der Waals surface area contributed by atoms with E-state index in [0.29, 0.717) is 5.56 Å². The Morgan fingerprint density at radius 1 is 0.875 bits per heavy atom. The predicted molar refractivity (Wildman–Crippen MR) is 84.8 cm³/mol. The van der Waals surface area contributed by atoms with Crippen molar-refractivity contribution in [3.63, 3.8) is 0 Å². The summed E-state index contributed by atoms with van der Waals surface area (Å²) >= 11 is 0. The summed E-state index contributed by atoms with van der Waals surface area (Å²) in [4.78, 5) is 34.5. The molecule has 0 amide bonds. The van der Waals surface area contributed by atoms with Gasteiger partial charge in [-0.15, -0.1) is 0 Å². The molecule has 0 saturated heterocycles. The van der Waals surface area contributed by atoms with Crippen LogP contribution in [0.2, 0.25) is 0 Å². The number of hydrogen-bond donors (Lipinski definition) is 0. The van der Waals surface area contributed by atoms with Crippen LogP contribution < -0.4 is 0 Å². The Morgan fingerprint density at radius 3 is 1.96 bits per heavy atom. The molecule has 2 aromatic carbocycles. The number of nitrogens with zero attached hydrogens (tertiary/aromatic N) is 4. The molecule has 0 bridgehead atoms. The van der Waals surface area contributed by atoms with Crippen molar-refractivity contribution in [3.8, 4) is 0 Å². The Balaban J connectivity index is 2.42. The Hall–Kier alpha value is -3.69. The van der Waals surface area contributed by atoms with E-state index in [0.717, 1.165) is 12.1 Å². The molecule has 24 heavy (non-hydrogen) atoms. The molecule has 0 fully saturated rings. The van der Waals surface area contributed by atoms with Crippen molar-refractivity contribution >= 4 is 29.0 Å². The minimum atomic E-state index is -0.739. The van der Waals surface area contributed by atoms with Gasteiger partial charge in [0.2, 0.25) is 0 Å². The topological polar surface area (TPSA) is 142 Å². The fourth-order valence-corrected chi connectivity index (χ4v) is 1.92. The van der Waals surface area contributed by atoms with Crippen LogP contribution in [0, 0.1) is 37.3 Å². The van der Waals surface area contributed by atoms with E-state index >= 15 is 0 Å². The molecule has 122 valence electrons. The average molecular weight is 330 g/mol. The Labute approximate surface area is 134 Å². The van der Waals surface area contributed by atoms with Crippen LogP contribution in [0.4, 0.5) is 22.7 Å². The molecule has 0 saturated carbocycles. The summed E-state index contributed by atoms with van der Waals surface area (Å²) in [5.41, 5.74) is -0.162. The molecule has 0 N–H and O–H groups in total. The number of non-ortho nitro benzene ring substituents is 2. The summed E-state index contributed by atoms with van der Waals surface area (Å²) in [6.45, 7) is 1.43. The molecule has 0 spiro atoms. The lowest BCUT2D eigenvalue weighted by molar-refractivity contribution is -0.394. The summed E-state index contributed by atoms with van der Waals surface area (Å²) in [6.07, 6.45) is 1.32. The highest BCUT2D eigenvalue weighted by Crippen LogP contribution is 2.33. The van der Waals surface area contributed by atoms with Gasteiger partial charge in [0, 0.05) is 24.4 Å². The van der Waals surface area contributed by atoms with Gasteiger partial charge in [-0.2, -0.15) is 0 Å². The molecule has 0 aliphatic carbocycles. The molecule has 0 aliphatic heterocycles. The molecule has 0 aliphatic rings. The number of benzene rings is 2. The van der Waals surface area contributed by atoms with Crippen LogP contribution >= 0.6 is 0 Å². The van der Waals surface area contributed by atoms with Crippen molar-refractivity contribution in [1.29, 1.82) is 0 Å². The van der Waals surface area contributed by atoms with Gasteiger partial charge in [-0.25, -0.2) is 0 Å². The summed E-state index contributed by atoms with van der Waals surface area (Å²) in [6, 6.07) is 7.46. The van der Waals surface area contributed by atoms with E-state index in [1.54, 1.807) is 0 Å². The standard InChI is InChI=1S/C14H10N4O6/c1-9-13(6-12(17(21)22)7-14(9)18(23)24)15-8-10-2-4-11(5-3-10)16(19)20/h2-8H,1H3. The van der Waals surface area contributed by atoms with Gasteiger partial charge in [0.1, 0.15) is 0 Å². The van der Waals surface area contributed by atoms with E-state index in [9.17, 15) is 30.3 Å². The monoisotopic (exact) mass is 330 g/mol. The largest absolute Gasteiger partial charge is 0.281 e. The first kappa shape index (κ1) is 16.7. The van der Waals surface area contributed by atoms with Gasteiger partial charge >= 0.3 is 0 Å². The molecule has 0 radical (unpaired) electrons. The number of hydrogen-bond acceptors (Lipinski definition) is 7. The third kappa shape index (κ3) is 3.55. The third-order valence-electron chi connectivity index (χ3n) is 3.20. The number of nitro benzene ring substituents is 3. The molecule has 10 nitrogen and oxygen atoms in total. The first-order chi connectivity index (χ1) is 11.3. The van der Waals surface area contributed by atoms with Gasteiger partial charge in [-0.3, -0.25) is 35.3 Å². The van der Waals surface area contributed by atoms with Crippen LogP contribution in [0.25, 0.3) is 0 Å². The molecule has 0 heterocycles. The van der Waals surface area contributed by atoms with Crippen molar-refractivity contribution in [3.05, 3.63) is 77.9 Å². The van der Waals surface area contributed by atoms with Crippen LogP contribution in [0.15, 0.2) is 41.4 Å². The maximum atomic E-state index is 11.0. The summed E-state index contributed by atoms with van der Waals surface area (Å²) in [7, 11) is 0. The molecule has 0 aromatic heterocycles. The highest BCUT2D eigenvalue weighted by Gasteiger charge is 2.20. The van der Waals surface area contributed by atoms with E-state index in [-0.39, 0.29) is 16.9 Å². The second kappa shape index (κ2) is 6.60. The molecule has 2 aromatic rings. The van der Waals surface area contributed by atoms with Gasteiger partial charge in [0.05, 0.1) is 32.1 Å². The Kier molecular flexibility index (Phi) is 4.59. The van der Waals surface area contributed by atoms with E-state index in [4.69, 9.17) is 0 Å². The highest BCUT2D eigenvalue weighted by molar-refractivity contribution is 5.83. The predicted octanol–water partition coefficient (Wildman–Crippen LogP) is 3.47. The molecule has 2 rings (SSSR count). The molecule has 0 unspecified atom stereocenters. The van der Waals surface area contributed by atoms with Crippen molar-refractivity contribution in [2.75, 3.05) is 0 Å². The van der Waals surface area contributed by atoms with Crippen molar-refractivity contribution < 1.29 is 14.8 Å². The van der Waals surface area contributed by atoms with E-state index < -0.39 is 26.1 Å². The van der Waals surface area contributed by atoms with Crippen LogP contribution in [0.5, 0.6) is 0 Å². The van der Waals surface area contributed by atoms with Gasteiger partial charge in [0.15, 0.2) is 0 Å². The SMILES string of the molecule is Cc1c(N=Cc2ccc([N+](=O)[O-])cc2)cc([N+](=O)[O-])cc1[N+](=O)[O-].